The van der Waals surface area contributed by atoms with Crippen molar-refractivity contribution in [3.63, 3.8) is 0 Å². The monoisotopic (exact) mass is 241 g/mol. The number of phenolic OH excluding ortho intramolecular Hbond substituents is 1. The van der Waals surface area contributed by atoms with Crippen molar-refractivity contribution in [2.75, 3.05) is 0 Å². The minimum atomic E-state index is 0.279. The molecule has 18 heavy (non-hydrogen) atoms. The van der Waals surface area contributed by atoms with Gasteiger partial charge in [-0.3, -0.25) is 0 Å². The van der Waals surface area contributed by atoms with E-state index in [-0.39, 0.29) is 5.75 Å². The number of aryl methyl sites for hydroxylation is 2. The molecule has 0 aliphatic carbocycles. The van der Waals surface area contributed by atoms with Gasteiger partial charge in [-0.15, -0.1) is 10.2 Å². The molecule has 0 saturated heterocycles. The minimum Gasteiger partial charge on any atom is -0.508 e. The molecule has 1 N–H and O–H groups in total. The molecule has 0 fully saturated rings. The molecule has 6 heteroatoms. The average molecular weight is 241 g/mol. The van der Waals surface area contributed by atoms with E-state index in [4.69, 9.17) is 0 Å². The molecule has 0 spiro atoms. The average Bonchev–Trinajstić information content (AvgIpc) is 2.80. The van der Waals surface area contributed by atoms with Crippen LogP contribution in [-0.2, 0) is 12.8 Å². The topological polar surface area (TPSA) is 76.2 Å². The van der Waals surface area contributed by atoms with Gasteiger partial charge in [-0.2, -0.15) is 9.61 Å². The minimum absolute atomic E-state index is 0.279. The molecule has 90 valence electrons. The highest BCUT2D eigenvalue weighted by molar-refractivity contribution is 5.32. The summed E-state index contributed by atoms with van der Waals surface area (Å²) in [7, 11) is 0. The van der Waals surface area contributed by atoms with Gasteiger partial charge < -0.3 is 5.11 Å². The van der Waals surface area contributed by atoms with E-state index >= 15 is 0 Å². The molecule has 3 rings (SSSR count). The van der Waals surface area contributed by atoms with Crippen molar-refractivity contribution < 1.29 is 5.11 Å². The standard InChI is InChI=1S/C12H11N5O/c18-10-3-1-2-9(6-10)4-5-11-15-16-12-7-13-8-14-17(11)12/h1-3,6-8,18H,4-5H2. The second-order valence-corrected chi connectivity index (χ2v) is 3.97. The number of aromatic hydroxyl groups is 1. The summed E-state index contributed by atoms with van der Waals surface area (Å²) in [6, 6.07) is 7.20. The summed E-state index contributed by atoms with van der Waals surface area (Å²) in [4.78, 5) is 3.89. The first-order valence-electron chi connectivity index (χ1n) is 5.61. The zero-order valence-corrected chi connectivity index (χ0v) is 9.56. The fourth-order valence-electron chi connectivity index (χ4n) is 1.84. The van der Waals surface area contributed by atoms with Crippen molar-refractivity contribution in [2.45, 2.75) is 12.8 Å². The predicted molar refractivity (Wildman–Crippen MR) is 64.1 cm³/mol. The Balaban J connectivity index is 1.81. The number of phenols is 1. The van der Waals surface area contributed by atoms with Gasteiger partial charge in [0, 0.05) is 6.42 Å². The Kier molecular flexibility index (Phi) is 2.60. The van der Waals surface area contributed by atoms with Crippen LogP contribution in [0.3, 0.4) is 0 Å². The quantitative estimate of drug-likeness (QED) is 0.740. The molecule has 3 aromatic rings. The van der Waals surface area contributed by atoms with Crippen LogP contribution < -0.4 is 0 Å². The fraction of sp³-hybridized carbons (Fsp3) is 0.167. The third kappa shape index (κ3) is 2.00. The van der Waals surface area contributed by atoms with Crippen LogP contribution in [0, 0.1) is 0 Å². The van der Waals surface area contributed by atoms with Gasteiger partial charge in [0.1, 0.15) is 12.1 Å². The van der Waals surface area contributed by atoms with E-state index in [0.29, 0.717) is 12.1 Å². The van der Waals surface area contributed by atoms with Crippen molar-refractivity contribution in [1.29, 1.82) is 0 Å². The summed E-state index contributed by atoms with van der Waals surface area (Å²) in [6.07, 6.45) is 4.58. The third-order valence-electron chi connectivity index (χ3n) is 2.70. The zero-order valence-electron chi connectivity index (χ0n) is 9.56. The van der Waals surface area contributed by atoms with Gasteiger partial charge in [0.15, 0.2) is 11.5 Å². The lowest BCUT2D eigenvalue weighted by Crippen LogP contribution is -2.01. The summed E-state index contributed by atoms with van der Waals surface area (Å²) < 4.78 is 1.68. The summed E-state index contributed by atoms with van der Waals surface area (Å²) in [5.74, 6) is 1.07. The molecule has 6 nitrogen and oxygen atoms in total. The fourth-order valence-corrected chi connectivity index (χ4v) is 1.84. The van der Waals surface area contributed by atoms with Crippen molar-refractivity contribution in [1.82, 2.24) is 24.8 Å². The first-order valence-corrected chi connectivity index (χ1v) is 5.61. The molecule has 1 aromatic carbocycles. The highest BCUT2D eigenvalue weighted by atomic mass is 16.3. The highest BCUT2D eigenvalue weighted by Crippen LogP contribution is 2.13. The molecule has 0 aliphatic heterocycles. The molecule has 0 bridgehead atoms. The van der Waals surface area contributed by atoms with E-state index in [1.165, 1.54) is 6.33 Å². The SMILES string of the molecule is Oc1cccc(CCc2nnc3cncnn23)c1. The van der Waals surface area contributed by atoms with E-state index in [9.17, 15) is 5.11 Å². The first kappa shape index (κ1) is 10.6. The molecule has 0 saturated carbocycles. The van der Waals surface area contributed by atoms with Gasteiger partial charge in [0.25, 0.3) is 0 Å². The maximum absolute atomic E-state index is 9.39. The molecule has 2 aromatic heterocycles. The summed E-state index contributed by atoms with van der Waals surface area (Å²) in [5, 5.41) is 21.6. The molecule has 2 heterocycles. The van der Waals surface area contributed by atoms with E-state index in [2.05, 4.69) is 20.3 Å². The van der Waals surface area contributed by atoms with Crippen LogP contribution in [0.15, 0.2) is 36.8 Å². The predicted octanol–water partition coefficient (Wildman–Crippen LogP) is 1.01. The maximum Gasteiger partial charge on any atom is 0.196 e. The van der Waals surface area contributed by atoms with E-state index in [1.54, 1.807) is 22.8 Å². The second-order valence-electron chi connectivity index (χ2n) is 3.97. The molecular formula is C12H11N5O. The van der Waals surface area contributed by atoms with Crippen molar-refractivity contribution in [2.24, 2.45) is 0 Å². The normalized spacial score (nSPS) is 10.9. The van der Waals surface area contributed by atoms with Gasteiger partial charge in [-0.25, -0.2) is 4.98 Å². The number of hydrogen-bond donors (Lipinski definition) is 1. The lowest BCUT2D eigenvalue weighted by Gasteiger charge is -2.00. The van der Waals surface area contributed by atoms with E-state index in [0.717, 1.165) is 17.8 Å². The number of aromatic nitrogens is 5. The number of fused-ring (bicyclic) bond motifs is 1. The van der Waals surface area contributed by atoms with Gasteiger partial charge in [0.2, 0.25) is 0 Å². The van der Waals surface area contributed by atoms with Gasteiger partial charge in [-0.05, 0) is 24.1 Å². The molecule has 0 atom stereocenters. The molecule has 0 radical (unpaired) electrons. The first-order chi connectivity index (χ1) is 8.83. The lowest BCUT2D eigenvalue weighted by atomic mass is 10.1. The van der Waals surface area contributed by atoms with Crippen LogP contribution in [0.4, 0.5) is 0 Å². The van der Waals surface area contributed by atoms with Gasteiger partial charge in [-0.1, -0.05) is 12.1 Å². The Morgan fingerprint density at radius 3 is 3.00 bits per heavy atom. The Hall–Kier alpha value is -2.50. The van der Waals surface area contributed by atoms with Crippen LogP contribution in [0.5, 0.6) is 5.75 Å². The number of benzene rings is 1. The highest BCUT2D eigenvalue weighted by Gasteiger charge is 2.06. The van der Waals surface area contributed by atoms with Gasteiger partial charge in [0.05, 0.1) is 6.20 Å². The molecular weight excluding hydrogens is 230 g/mol. The van der Waals surface area contributed by atoms with Crippen LogP contribution >= 0.6 is 0 Å². The van der Waals surface area contributed by atoms with E-state index in [1.807, 2.05) is 12.1 Å². The van der Waals surface area contributed by atoms with Crippen LogP contribution in [0.2, 0.25) is 0 Å². The number of nitrogens with zero attached hydrogens (tertiary/aromatic N) is 5. The van der Waals surface area contributed by atoms with Crippen LogP contribution in [-0.4, -0.2) is 29.9 Å². The van der Waals surface area contributed by atoms with Gasteiger partial charge >= 0.3 is 0 Å². The van der Waals surface area contributed by atoms with E-state index < -0.39 is 0 Å². The summed E-state index contributed by atoms with van der Waals surface area (Å²) in [5.41, 5.74) is 1.70. The third-order valence-corrected chi connectivity index (χ3v) is 2.70. The zero-order chi connectivity index (χ0) is 12.4. The second kappa shape index (κ2) is 4.40. The van der Waals surface area contributed by atoms with Crippen molar-refractivity contribution in [3.8, 4) is 5.75 Å². The maximum atomic E-state index is 9.39. The van der Waals surface area contributed by atoms with Crippen LogP contribution in [0.25, 0.3) is 5.65 Å². The van der Waals surface area contributed by atoms with Crippen molar-refractivity contribution in [3.05, 3.63) is 48.2 Å². The summed E-state index contributed by atoms with van der Waals surface area (Å²) >= 11 is 0. The molecule has 0 aliphatic rings. The molecule has 0 unspecified atom stereocenters. The smallest absolute Gasteiger partial charge is 0.196 e. The molecule has 0 amide bonds. The van der Waals surface area contributed by atoms with Crippen molar-refractivity contribution >= 4 is 5.65 Å². The Labute approximate surface area is 103 Å². The Bertz CT molecular complexity index is 679. The number of hydrogen-bond acceptors (Lipinski definition) is 5. The Morgan fingerprint density at radius 1 is 1.17 bits per heavy atom. The number of rotatable bonds is 3. The lowest BCUT2D eigenvalue weighted by molar-refractivity contribution is 0.474. The summed E-state index contributed by atoms with van der Waals surface area (Å²) in [6.45, 7) is 0. The largest absolute Gasteiger partial charge is 0.508 e. The van der Waals surface area contributed by atoms with Crippen LogP contribution in [0.1, 0.15) is 11.4 Å². The Morgan fingerprint density at radius 2 is 2.11 bits per heavy atom.